The largest absolute Gasteiger partial charge is 0.358 e. The second-order valence-corrected chi connectivity index (χ2v) is 4.42. The van der Waals surface area contributed by atoms with Crippen LogP contribution in [0.25, 0.3) is 0 Å². The summed E-state index contributed by atoms with van der Waals surface area (Å²) in [4.78, 5) is 13.9. The molecule has 0 fully saturated rings. The van der Waals surface area contributed by atoms with Crippen LogP contribution >= 0.6 is 0 Å². The molecule has 0 aliphatic heterocycles. The Labute approximate surface area is 114 Å². The van der Waals surface area contributed by atoms with Gasteiger partial charge in [0.15, 0.2) is 0 Å². The predicted octanol–water partition coefficient (Wildman–Crippen LogP) is 1.27. The molecular formula is C13H21N5O. The Morgan fingerprint density at radius 1 is 1.53 bits per heavy atom. The highest BCUT2D eigenvalue weighted by Gasteiger charge is 2.21. The minimum Gasteiger partial charge on any atom is -0.358 e. The average molecular weight is 263 g/mol. The third-order valence-electron chi connectivity index (χ3n) is 3.13. The molecule has 6 nitrogen and oxygen atoms in total. The number of anilines is 1. The van der Waals surface area contributed by atoms with Crippen molar-refractivity contribution in [3.8, 4) is 6.07 Å². The number of carbonyl (C=O) groups is 1. The van der Waals surface area contributed by atoms with Crippen LogP contribution in [0, 0.1) is 18.3 Å². The number of hydrogen-bond acceptors (Lipinski definition) is 4. The zero-order valence-electron chi connectivity index (χ0n) is 12.2. The van der Waals surface area contributed by atoms with Crippen LogP contribution < -0.4 is 5.32 Å². The van der Waals surface area contributed by atoms with Gasteiger partial charge in [0.05, 0.1) is 5.69 Å². The fourth-order valence-corrected chi connectivity index (χ4v) is 2.03. The molecule has 0 saturated carbocycles. The lowest BCUT2D eigenvalue weighted by Crippen LogP contribution is -2.41. The maximum absolute atomic E-state index is 12.2. The first-order valence-corrected chi connectivity index (χ1v) is 6.45. The van der Waals surface area contributed by atoms with Crippen LogP contribution in [-0.2, 0) is 11.8 Å². The standard InChI is InChI=1S/C13H21N5O/c1-6-18(7-2)13(19)10(4)15-12-11(8-14)9(3)16-17(12)5/h10,15H,6-7H2,1-5H3. The third kappa shape index (κ3) is 3.05. The van der Waals surface area contributed by atoms with E-state index in [1.54, 1.807) is 30.5 Å². The Morgan fingerprint density at radius 3 is 2.58 bits per heavy atom. The van der Waals surface area contributed by atoms with E-state index in [0.717, 1.165) is 0 Å². The lowest BCUT2D eigenvalue weighted by molar-refractivity contribution is -0.131. The number of rotatable bonds is 5. The van der Waals surface area contributed by atoms with Gasteiger partial charge in [-0.1, -0.05) is 0 Å². The summed E-state index contributed by atoms with van der Waals surface area (Å²) in [5.74, 6) is 0.612. The van der Waals surface area contributed by atoms with Gasteiger partial charge < -0.3 is 10.2 Å². The van der Waals surface area contributed by atoms with Gasteiger partial charge in [-0.2, -0.15) is 10.4 Å². The van der Waals surface area contributed by atoms with Crippen LogP contribution in [0.4, 0.5) is 5.82 Å². The summed E-state index contributed by atoms with van der Waals surface area (Å²) < 4.78 is 1.60. The Morgan fingerprint density at radius 2 is 2.11 bits per heavy atom. The SMILES string of the molecule is CCN(CC)C(=O)C(C)Nc1c(C#N)c(C)nn1C. The second kappa shape index (κ2) is 6.23. The van der Waals surface area contributed by atoms with Gasteiger partial charge in [-0.25, -0.2) is 0 Å². The van der Waals surface area contributed by atoms with Gasteiger partial charge in [-0.3, -0.25) is 9.48 Å². The van der Waals surface area contributed by atoms with E-state index in [9.17, 15) is 4.79 Å². The van der Waals surface area contributed by atoms with Crippen molar-refractivity contribution >= 4 is 11.7 Å². The van der Waals surface area contributed by atoms with Crippen LogP contribution in [0.3, 0.4) is 0 Å². The summed E-state index contributed by atoms with van der Waals surface area (Å²) >= 11 is 0. The van der Waals surface area contributed by atoms with E-state index in [1.165, 1.54) is 0 Å². The van der Waals surface area contributed by atoms with E-state index in [4.69, 9.17) is 5.26 Å². The van der Waals surface area contributed by atoms with Crippen LogP contribution in [-0.4, -0.2) is 39.7 Å². The van der Waals surface area contributed by atoms with Gasteiger partial charge in [-0.15, -0.1) is 0 Å². The number of nitrogens with one attached hydrogen (secondary N) is 1. The molecule has 6 heteroatoms. The Balaban J connectivity index is 2.92. The number of carbonyl (C=O) groups excluding carboxylic acids is 1. The number of aryl methyl sites for hydroxylation is 2. The first-order valence-electron chi connectivity index (χ1n) is 6.45. The van der Waals surface area contributed by atoms with Gasteiger partial charge >= 0.3 is 0 Å². The van der Waals surface area contributed by atoms with E-state index in [-0.39, 0.29) is 11.9 Å². The molecule has 0 spiro atoms. The fraction of sp³-hybridized carbons (Fsp3) is 0.615. The zero-order chi connectivity index (χ0) is 14.6. The summed E-state index contributed by atoms with van der Waals surface area (Å²) in [6.45, 7) is 8.82. The smallest absolute Gasteiger partial charge is 0.244 e. The van der Waals surface area contributed by atoms with E-state index in [0.29, 0.717) is 30.2 Å². The molecule has 1 heterocycles. The number of amides is 1. The van der Waals surface area contributed by atoms with Crippen LogP contribution in [0.1, 0.15) is 32.0 Å². The molecule has 19 heavy (non-hydrogen) atoms. The number of hydrogen-bond donors (Lipinski definition) is 1. The molecule has 1 aromatic heterocycles. The summed E-state index contributed by atoms with van der Waals surface area (Å²) in [5, 5.41) is 16.4. The highest BCUT2D eigenvalue weighted by atomic mass is 16.2. The Bertz CT molecular complexity index is 496. The van der Waals surface area contributed by atoms with E-state index >= 15 is 0 Å². The molecule has 1 rings (SSSR count). The van der Waals surface area contributed by atoms with Crippen molar-refractivity contribution in [3.05, 3.63) is 11.3 Å². The molecule has 104 valence electrons. The molecule has 0 aromatic carbocycles. The second-order valence-electron chi connectivity index (χ2n) is 4.42. The summed E-state index contributed by atoms with van der Waals surface area (Å²) in [5.41, 5.74) is 1.15. The van der Waals surface area contributed by atoms with Crippen molar-refractivity contribution in [2.24, 2.45) is 7.05 Å². The number of nitriles is 1. The van der Waals surface area contributed by atoms with Crippen LogP contribution in [0.15, 0.2) is 0 Å². The van der Waals surface area contributed by atoms with E-state index < -0.39 is 0 Å². The normalized spacial score (nSPS) is 11.8. The van der Waals surface area contributed by atoms with Crippen LogP contribution in [0.2, 0.25) is 0 Å². The topological polar surface area (TPSA) is 74.0 Å². The van der Waals surface area contributed by atoms with Gasteiger partial charge in [0.1, 0.15) is 23.5 Å². The van der Waals surface area contributed by atoms with Crippen LogP contribution in [0.5, 0.6) is 0 Å². The van der Waals surface area contributed by atoms with Crippen molar-refractivity contribution in [1.82, 2.24) is 14.7 Å². The molecule has 1 unspecified atom stereocenters. The minimum absolute atomic E-state index is 0.0211. The molecule has 0 saturated heterocycles. The number of aromatic nitrogens is 2. The third-order valence-corrected chi connectivity index (χ3v) is 3.13. The van der Waals surface area contributed by atoms with E-state index in [2.05, 4.69) is 16.5 Å². The maximum Gasteiger partial charge on any atom is 0.244 e. The summed E-state index contributed by atoms with van der Waals surface area (Å²) in [6.07, 6.45) is 0. The molecule has 0 radical (unpaired) electrons. The van der Waals surface area contributed by atoms with Gasteiger partial charge in [0.2, 0.25) is 5.91 Å². The summed E-state index contributed by atoms with van der Waals surface area (Å²) in [7, 11) is 1.75. The quantitative estimate of drug-likeness (QED) is 0.868. The minimum atomic E-state index is -0.387. The molecule has 1 aromatic rings. The average Bonchev–Trinajstić information content (AvgIpc) is 2.64. The van der Waals surface area contributed by atoms with Gasteiger partial charge in [0.25, 0.3) is 0 Å². The van der Waals surface area contributed by atoms with E-state index in [1.807, 2.05) is 13.8 Å². The van der Waals surface area contributed by atoms with Crippen molar-refractivity contribution in [2.75, 3.05) is 18.4 Å². The lowest BCUT2D eigenvalue weighted by atomic mass is 10.2. The zero-order valence-corrected chi connectivity index (χ0v) is 12.2. The monoisotopic (exact) mass is 263 g/mol. The number of likely N-dealkylation sites (N-methyl/N-ethyl adjacent to an activating group) is 1. The van der Waals surface area contributed by atoms with Crippen molar-refractivity contribution in [2.45, 2.75) is 33.7 Å². The molecule has 0 aliphatic rings. The Kier molecular flexibility index (Phi) is 4.93. The first kappa shape index (κ1) is 15.0. The number of nitrogens with zero attached hydrogens (tertiary/aromatic N) is 4. The Hall–Kier alpha value is -2.03. The first-order chi connectivity index (χ1) is 8.96. The molecule has 1 N–H and O–H groups in total. The summed E-state index contributed by atoms with van der Waals surface area (Å²) in [6, 6.07) is 1.73. The van der Waals surface area contributed by atoms with Crippen molar-refractivity contribution < 1.29 is 4.79 Å². The van der Waals surface area contributed by atoms with Gasteiger partial charge in [-0.05, 0) is 27.7 Å². The lowest BCUT2D eigenvalue weighted by Gasteiger charge is -2.24. The molecule has 1 amide bonds. The fourth-order valence-electron chi connectivity index (χ4n) is 2.03. The highest BCUT2D eigenvalue weighted by molar-refractivity contribution is 5.84. The van der Waals surface area contributed by atoms with Crippen molar-refractivity contribution in [1.29, 1.82) is 5.26 Å². The molecule has 0 bridgehead atoms. The van der Waals surface area contributed by atoms with Crippen molar-refractivity contribution in [3.63, 3.8) is 0 Å². The molecule has 0 aliphatic carbocycles. The predicted molar refractivity (Wildman–Crippen MR) is 73.7 cm³/mol. The maximum atomic E-state index is 12.2. The van der Waals surface area contributed by atoms with Gasteiger partial charge in [0, 0.05) is 20.1 Å². The highest BCUT2D eigenvalue weighted by Crippen LogP contribution is 2.18. The molecule has 1 atom stereocenters. The molecular weight excluding hydrogens is 242 g/mol.